The summed E-state index contributed by atoms with van der Waals surface area (Å²) < 4.78 is 6.42. The van der Waals surface area contributed by atoms with Gasteiger partial charge in [0.25, 0.3) is 0 Å². The number of carbonyl (C=O) groups is 1. The highest BCUT2D eigenvalue weighted by molar-refractivity contribution is 5.75. The number of hydrogen-bond acceptors (Lipinski definition) is 6. The Kier molecular flexibility index (Phi) is 5.58. The van der Waals surface area contributed by atoms with E-state index in [0.29, 0.717) is 17.1 Å². The standard InChI is InChI=1S/C16H20N4O5/c1-10-16(20(23)24)11(2)19(18-10)7-6-15(22)17-9-12-4-5-14(25-3)13(21)8-12/h4-5,8,21H,6-7,9H2,1-3H3,(H,17,22). The third-order valence-electron chi connectivity index (χ3n) is 3.81. The van der Waals surface area contributed by atoms with Gasteiger partial charge >= 0.3 is 5.69 Å². The van der Waals surface area contributed by atoms with Gasteiger partial charge in [-0.05, 0) is 31.5 Å². The molecular weight excluding hydrogens is 328 g/mol. The van der Waals surface area contributed by atoms with Crippen molar-refractivity contribution in [2.24, 2.45) is 0 Å². The quantitative estimate of drug-likeness (QED) is 0.582. The summed E-state index contributed by atoms with van der Waals surface area (Å²) in [5, 5.41) is 27.5. The van der Waals surface area contributed by atoms with Crippen LogP contribution < -0.4 is 10.1 Å². The number of benzene rings is 1. The lowest BCUT2D eigenvalue weighted by Crippen LogP contribution is -2.24. The van der Waals surface area contributed by atoms with Crippen molar-refractivity contribution >= 4 is 11.6 Å². The number of phenols is 1. The Bertz CT molecular complexity index is 800. The summed E-state index contributed by atoms with van der Waals surface area (Å²) in [5.74, 6) is 0.149. The minimum absolute atomic E-state index is 0.00389. The number of phenolic OH excluding ortho intramolecular Hbond substituents is 1. The van der Waals surface area contributed by atoms with Crippen LogP contribution in [0.25, 0.3) is 0 Å². The Hall–Kier alpha value is -3.10. The number of carbonyl (C=O) groups excluding carboxylic acids is 1. The molecule has 0 aliphatic rings. The van der Waals surface area contributed by atoms with Gasteiger partial charge in [-0.3, -0.25) is 19.6 Å². The van der Waals surface area contributed by atoms with Gasteiger partial charge in [0.05, 0.1) is 18.6 Å². The second kappa shape index (κ2) is 7.65. The summed E-state index contributed by atoms with van der Waals surface area (Å²) in [6.07, 6.45) is 0.140. The molecule has 0 aliphatic carbocycles. The predicted molar refractivity (Wildman–Crippen MR) is 89.5 cm³/mol. The van der Waals surface area contributed by atoms with Gasteiger partial charge in [-0.15, -0.1) is 0 Å². The van der Waals surface area contributed by atoms with Crippen molar-refractivity contribution in [3.05, 3.63) is 45.3 Å². The van der Waals surface area contributed by atoms with Crippen molar-refractivity contribution in [2.45, 2.75) is 33.4 Å². The summed E-state index contributed by atoms with van der Waals surface area (Å²) in [6.45, 7) is 3.68. The van der Waals surface area contributed by atoms with Gasteiger partial charge in [0.15, 0.2) is 11.5 Å². The molecule has 1 amide bonds. The number of methoxy groups -OCH3 is 1. The fourth-order valence-corrected chi connectivity index (χ4v) is 2.51. The highest BCUT2D eigenvalue weighted by atomic mass is 16.6. The van der Waals surface area contributed by atoms with Gasteiger partial charge in [0.1, 0.15) is 11.4 Å². The molecular formula is C16H20N4O5. The van der Waals surface area contributed by atoms with Crippen LogP contribution in [0, 0.1) is 24.0 Å². The molecule has 1 aromatic carbocycles. The van der Waals surface area contributed by atoms with Crippen LogP contribution in [0.3, 0.4) is 0 Å². The maximum atomic E-state index is 12.0. The molecule has 25 heavy (non-hydrogen) atoms. The largest absolute Gasteiger partial charge is 0.504 e. The van der Waals surface area contributed by atoms with Crippen LogP contribution in [0.1, 0.15) is 23.4 Å². The van der Waals surface area contributed by atoms with Crippen LogP contribution in [0.4, 0.5) is 5.69 Å². The first kappa shape index (κ1) is 18.2. The van der Waals surface area contributed by atoms with E-state index in [9.17, 15) is 20.0 Å². The first-order valence-electron chi connectivity index (χ1n) is 7.64. The van der Waals surface area contributed by atoms with E-state index < -0.39 is 4.92 Å². The molecule has 0 atom stereocenters. The van der Waals surface area contributed by atoms with Crippen molar-refractivity contribution in [2.75, 3.05) is 7.11 Å². The van der Waals surface area contributed by atoms with E-state index in [1.54, 1.807) is 26.0 Å². The number of nitrogens with one attached hydrogen (secondary N) is 1. The number of aryl methyl sites for hydroxylation is 2. The maximum absolute atomic E-state index is 12.0. The predicted octanol–water partition coefficient (Wildman–Crippen LogP) is 1.83. The van der Waals surface area contributed by atoms with Crippen LogP contribution in [0.15, 0.2) is 18.2 Å². The number of nitrogens with zero attached hydrogens (tertiary/aromatic N) is 3. The number of hydrogen-bond donors (Lipinski definition) is 2. The van der Waals surface area contributed by atoms with E-state index in [2.05, 4.69) is 10.4 Å². The molecule has 2 rings (SSSR count). The van der Waals surface area contributed by atoms with Crippen LogP contribution >= 0.6 is 0 Å². The van der Waals surface area contributed by atoms with E-state index >= 15 is 0 Å². The maximum Gasteiger partial charge on any atom is 0.312 e. The zero-order valence-corrected chi connectivity index (χ0v) is 14.3. The lowest BCUT2D eigenvalue weighted by atomic mass is 10.2. The molecule has 0 fully saturated rings. The second-order valence-corrected chi connectivity index (χ2v) is 5.53. The molecule has 9 heteroatoms. The molecule has 0 unspecified atom stereocenters. The third-order valence-corrected chi connectivity index (χ3v) is 3.81. The summed E-state index contributed by atoms with van der Waals surface area (Å²) >= 11 is 0. The summed E-state index contributed by atoms with van der Waals surface area (Å²) in [6, 6.07) is 4.87. The van der Waals surface area contributed by atoms with Crippen molar-refractivity contribution < 1.29 is 19.6 Å². The summed E-state index contributed by atoms with van der Waals surface area (Å²) in [4.78, 5) is 22.5. The minimum Gasteiger partial charge on any atom is -0.504 e. The molecule has 134 valence electrons. The minimum atomic E-state index is -0.468. The number of aromatic nitrogens is 2. The summed E-state index contributed by atoms with van der Waals surface area (Å²) in [7, 11) is 1.46. The van der Waals surface area contributed by atoms with Crippen molar-refractivity contribution in [1.82, 2.24) is 15.1 Å². The van der Waals surface area contributed by atoms with Gasteiger partial charge in [-0.1, -0.05) is 6.07 Å². The third kappa shape index (κ3) is 4.25. The number of nitro groups is 1. The van der Waals surface area contributed by atoms with Gasteiger partial charge < -0.3 is 15.2 Å². The highest BCUT2D eigenvalue weighted by Gasteiger charge is 2.21. The zero-order valence-electron chi connectivity index (χ0n) is 14.3. The Morgan fingerprint density at radius 3 is 2.72 bits per heavy atom. The van der Waals surface area contributed by atoms with Crippen LogP contribution in [0.2, 0.25) is 0 Å². The molecule has 1 heterocycles. The lowest BCUT2D eigenvalue weighted by molar-refractivity contribution is -0.386. The summed E-state index contributed by atoms with van der Waals surface area (Å²) in [5.41, 5.74) is 1.47. The van der Waals surface area contributed by atoms with Gasteiger partial charge in [-0.25, -0.2) is 0 Å². The molecule has 0 spiro atoms. The molecule has 0 saturated heterocycles. The smallest absolute Gasteiger partial charge is 0.312 e. The van der Waals surface area contributed by atoms with Crippen LogP contribution in [-0.4, -0.2) is 32.8 Å². The van der Waals surface area contributed by atoms with Gasteiger partial charge in [0, 0.05) is 13.0 Å². The molecule has 9 nitrogen and oxygen atoms in total. The van der Waals surface area contributed by atoms with E-state index in [1.165, 1.54) is 17.9 Å². The van der Waals surface area contributed by atoms with Crippen LogP contribution in [0.5, 0.6) is 11.5 Å². The van der Waals surface area contributed by atoms with Crippen molar-refractivity contribution in [3.63, 3.8) is 0 Å². The fourth-order valence-electron chi connectivity index (χ4n) is 2.51. The fraction of sp³-hybridized carbons (Fsp3) is 0.375. The molecule has 1 aromatic heterocycles. The number of ether oxygens (including phenoxy) is 1. The number of amides is 1. The first-order chi connectivity index (χ1) is 11.8. The topological polar surface area (TPSA) is 120 Å². The van der Waals surface area contributed by atoms with E-state index in [-0.39, 0.29) is 36.9 Å². The Balaban J connectivity index is 1.90. The SMILES string of the molecule is COc1ccc(CNC(=O)CCn2nc(C)c([N+](=O)[O-])c2C)cc1O. The Labute approximate surface area is 144 Å². The van der Waals surface area contributed by atoms with E-state index in [0.717, 1.165) is 5.56 Å². The molecule has 0 bridgehead atoms. The second-order valence-electron chi connectivity index (χ2n) is 5.53. The van der Waals surface area contributed by atoms with E-state index in [4.69, 9.17) is 4.74 Å². The first-order valence-corrected chi connectivity index (χ1v) is 7.64. The van der Waals surface area contributed by atoms with Gasteiger partial charge in [0.2, 0.25) is 5.91 Å². The highest BCUT2D eigenvalue weighted by Crippen LogP contribution is 2.26. The number of aromatic hydroxyl groups is 1. The monoisotopic (exact) mass is 348 g/mol. The van der Waals surface area contributed by atoms with Gasteiger partial charge in [-0.2, -0.15) is 5.10 Å². The zero-order chi connectivity index (χ0) is 18.6. The van der Waals surface area contributed by atoms with E-state index in [1.807, 2.05) is 0 Å². The molecule has 2 N–H and O–H groups in total. The lowest BCUT2D eigenvalue weighted by Gasteiger charge is -2.08. The van der Waals surface area contributed by atoms with Crippen molar-refractivity contribution in [3.8, 4) is 11.5 Å². The molecule has 0 radical (unpaired) electrons. The number of rotatable bonds is 7. The molecule has 0 saturated carbocycles. The Morgan fingerprint density at radius 2 is 2.16 bits per heavy atom. The Morgan fingerprint density at radius 1 is 1.44 bits per heavy atom. The average molecular weight is 348 g/mol. The average Bonchev–Trinajstić information content (AvgIpc) is 2.85. The molecule has 0 aliphatic heterocycles. The van der Waals surface area contributed by atoms with Crippen LogP contribution in [-0.2, 0) is 17.9 Å². The molecule has 2 aromatic rings. The normalized spacial score (nSPS) is 10.5. The van der Waals surface area contributed by atoms with Crippen molar-refractivity contribution in [1.29, 1.82) is 0 Å².